The van der Waals surface area contributed by atoms with Gasteiger partial charge < -0.3 is 14.4 Å². The van der Waals surface area contributed by atoms with Gasteiger partial charge in [0.25, 0.3) is 5.91 Å². The summed E-state index contributed by atoms with van der Waals surface area (Å²) in [4.78, 5) is 14.2. The average Bonchev–Trinajstić information content (AvgIpc) is 2.55. The summed E-state index contributed by atoms with van der Waals surface area (Å²) >= 11 is 6.03. The Morgan fingerprint density at radius 2 is 2.00 bits per heavy atom. The van der Waals surface area contributed by atoms with E-state index >= 15 is 0 Å². The summed E-state index contributed by atoms with van der Waals surface area (Å²) in [6, 6.07) is 12.5. The first-order valence-electron chi connectivity index (χ1n) is 7.36. The third-order valence-electron chi connectivity index (χ3n) is 3.39. The van der Waals surface area contributed by atoms with Crippen molar-refractivity contribution in [1.29, 1.82) is 0 Å². The molecule has 23 heavy (non-hydrogen) atoms. The van der Waals surface area contributed by atoms with Crippen molar-refractivity contribution in [3.63, 3.8) is 0 Å². The summed E-state index contributed by atoms with van der Waals surface area (Å²) < 4.78 is 10.8. The Morgan fingerprint density at radius 3 is 2.70 bits per heavy atom. The van der Waals surface area contributed by atoms with Crippen LogP contribution in [-0.4, -0.2) is 31.6 Å². The van der Waals surface area contributed by atoms with Gasteiger partial charge in [-0.15, -0.1) is 0 Å². The lowest BCUT2D eigenvalue weighted by atomic mass is 10.1. The van der Waals surface area contributed by atoms with Gasteiger partial charge >= 0.3 is 0 Å². The molecule has 1 amide bonds. The van der Waals surface area contributed by atoms with Crippen molar-refractivity contribution in [2.24, 2.45) is 0 Å². The number of benzene rings is 2. The van der Waals surface area contributed by atoms with Gasteiger partial charge in [0, 0.05) is 29.7 Å². The summed E-state index contributed by atoms with van der Waals surface area (Å²) in [6.45, 7) is 2.88. The van der Waals surface area contributed by atoms with Gasteiger partial charge in [-0.05, 0) is 43.3 Å². The van der Waals surface area contributed by atoms with Crippen LogP contribution in [0.3, 0.4) is 0 Å². The molecule has 0 bridgehead atoms. The molecule has 0 saturated carbocycles. The summed E-state index contributed by atoms with van der Waals surface area (Å²) in [5, 5.41) is 0.611. The summed E-state index contributed by atoms with van der Waals surface area (Å²) in [7, 11) is 3.34. The number of carbonyl (C=O) groups is 1. The van der Waals surface area contributed by atoms with Gasteiger partial charge in [0.05, 0.1) is 13.7 Å². The first kappa shape index (κ1) is 17.2. The molecule has 0 fully saturated rings. The lowest BCUT2D eigenvalue weighted by molar-refractivity contribution is 0.0783. The normalized spacial score (nSPS) is 10.3. The Bertz CT molecular complexity index is 688. The summed E-state index contributed by atoms with van der Waals surface area (Å²) in [5.74, 6) is 1.30. The third kappa shape index (κ3) is 4.39. The molecule has 2 rings (SSSR count). The van der Waals surface area contributed by atoms with Crippen LogP contribution in [0.15, 0.2) is 42.5 Å². The molecule has 0 radical (unpaired) electrons. The highest BCUT2D eigenvalue weighted by Gasteiger charge is 2.15. The molecule has 0 aliphatic rings. The second kappa shape index (κ2) is 7.88. The Hall–Kier alpha value is -2.20. The van der Waals surface area contributed by atoms with E-state index in [4.69, 9.17) is 21.1 Å². The van der Waals surface area contributed by atoms with E-state index in [2.05, 4.69) is 0 Å². The number of rotatable bonds is 6. The molecule has 0 unspecified atom stereocenters. The van der Waals surface area contributed by atoms with Crippen LogP contribution in [0.1, 0.15) is 22.8 Å². The molecular weight excluding hydrogens is 314 g/mol. The molecule has 0 atom stereocenters. The Morgan fingerprint density at radius 1 is 1.22 bits per heavy atom. The van der Waals surface area contributed by atoms with Crippen molar-refractivity contribution in [2.75, 3.05) is 20.8 Å². The summed E-state index contributed by atoms with van der Waals surface area (Å²) in [6.07, 6.45) is 0. The van der Waals surface area contributed by atoms with E-state index < -0.39 is 0 Å². The number of halogens is 1. The van der Waals surface area contributed by atoms with Crippen molar-refractivity contribution < 1.29 is 14.3 Å². The van der Waals surface area contributed by atoms with E-state index in [9.17, 15) is 4.79 Å². The SMILES string of the molecule is CCOc1cccc(C(=O)N(C)Cc2cc(Cl)ccc2OC)c1. The van der Waals surface area contributed by atoms with Crippen LogP contribution in [0, 0.1) is 0 Å². The average molecular weight is 334 g/mol. The Kier molecular flexibility index (Phi) is 5.88. The van der Waals surface area contributed by atoms with Crippen LogP contribution >= 0.6 is 11.6 Å². The summed E-state index contributed by atoms with van der Waals surface area (Å²) in [5.41, 5.74) is 1.44. The van der Waals surface area contributed by atoms with Crippen LogP contribution in [0.5, 0.6) is 11.5 Å². The molecular formula is C18H20ClNO3. The number of ether oxygens (including phenoxy) is 2. The molecule has 0 spiro atoms. The van der Waals surface area contributed by atoms with E-state index in [0.29, 0.717) is 35.2 Å². The van der Waals surface area contributed by atoms with Crippen LogP contribution < -0.4 is 9.47 Å². The standard InChI is InChI=1S/C18H20ClNO3/c1-4-23-16-7-5-6-13(11-16)18(21)20(2)12-14-10-15(19)8-9-17(14)22-3/h5-11H,4,12H2,1-3H3. The maximum absolute atomic E-state index is 12.6. The molecule has 0 N–H and O–H groups in total. The second-order valence-corrected chi connectivity index (χ2v) is 5.51. The maximum Gasteiger partial charge on any atom is 0.254 e. The van der Waals surface area contributed by atoms with Gasteiger partial charge in [-0.3, -0.25) is 4.79 Å². The van der Waals surface area contributed by atoms with Gasteiger partial charge in [0.2, 0.25) is 0 Å². The minimum Gasteiger partial charge on any atom is -0.496 e. The highest BCUT2D eigenvalue weighted by molar-refractivity contribution is 6.30. The predicted molar refractivity (Wildman–Crippen MR) is 91.4 cm³/mol. The van der Waals surface area contributed by atoms with Crippen LogP contribution in [0.4, 0.5) is 0 Å². The van der Waals surface area contributed by atoms with Gasteiger partial charge in [0.15, 0.2) is 0 Å². The molecule has 2 aromatic carbocycles. The fourth-order valence-corrected chi connectivity index (χ4v) is 2.50. The first-order chi connectivity index (χ1) is 11.0. The lowest BCUT2D eigenvalue weighted by Crippen LogP contribution is -2.26. The van der Waals surface area contributed by atoms with E-state index in [0.717, 1.165) is 5.56 Å². The largest absolute Gasteiger partial charge is 0.496 e. The molecule has 122 valence electrons. The smallest absolute Gasteiger partial charge is 0.254 e. The van der Waals surface area contributed by atoms with Crippen molar-refractivity contribution in [3.8, 4) is 11.5 Å². The minimum atomic E-state index is -0.0893. The zero-order valence-corrected chi connectivity index (χ0v) is 14.3. The monoisotopic (exact) mass is 333 g/mol. The second-order valence-electron chi connectivity index (χ2n) is 5.08. The van der Waals surface area contributed by atoms with E-state index in [1.54, 1.807) is 49.4 Å². The highest BCUT2D eigenvalue weighted by atomic mass is 35.5. The van der Waals surface area contributed by atoms with Crippen molar-refractivity contribution >= 4 is 17.5 Å². The van der Waals surface area contributed by atoms with Crippen molar-refractivity contribution in [3.05, 3.63) is 58.6 Å². The molecule has 0 aromatic heterocycles. The molecule has 0 saturated heterocycles. The highest BCUT2D eigenvalue weighted by Crippen LogP contribution is 2.24. The molecule has 0 aliphatic carbocycles. The Labute approximate surface area is 141 Å². The maximum atomic E-state index is 12.6. The van der Waals surface area contributed by atoms with Crippen molar-refractivity contribution in [2.45, 2.75) is 13.5 Å². The number of carbonyl (C=O) groups excluding carboxylic acids is 1. The van der Waals surface area contributed by atoms with Crippen LogP contribution in [0.25, 0.3) is 0 Å². The number of nitrogens with zero attached hydrogens (tertiary/aromatic N) is 1. The van der Waals surface area contributed by atoms with E-state index in [1.165, 1.54) is 0 Å². The van der Waals surface area contributed by atoms with E-state index in [1.807, 2.05) is 19.1 Å². The number of amides is 1. The quantitative estimate of drug-likeness (QED) is 0.801. The zero-order valence-electron chi connectivity index (χ0n) is 13.5. The number of methoxy groups -OCH3 is 1. The van der Waals surface area contributed by atoms with Crippen LogP contribution in [-0.2, 0) is 6.54 Å². The van der Waals surface area contributed by atoms with Gasteiger partial charge in [-0.2, -0.15) is 0 Å². The third-order valence-corrected chi connectivity index (χ3v) is 3.62. The molecule has 0 heterocycles. The number of hydrogen-bond donors (Lipinski definition) is 0. The zero-order chi connectivity index (χ0) is 16.8. The molecule has 2 aromatic rings. The van der Waals surface area contributed by atoms with Crippen molar-refractivity contribution in [1.82, 2.24) is 4.90 Å². The minimum absolute atomic E-state index is 0.0893. The fourth-order valence-electron chi connectivity index (χ4n) is 2.30. The topological polar surface area (TPSA) is 38.8 Å². The lowest BCUT2D eigenvalue weighted by Gasteiger charge is -2.19. The molecule has 5 heteroatoms. The van der Waals surface area contributed by atoms with Gasteiger partial charge in [-0.25, -0.2) is 0 Å². The first-order valence-corrected chi connectivity index (χ1v) is 7.73. The molecule has 4 nitrogen and oxygen atoms in total. The van der Waals surface area contributed by atoms with Gasteiger partial charge in [0.1, 0.15) is 11.5 Å². The van der Waals surface area contributed by atoms with Crippen LogP contribution in [0.2, 0.25) is 5.02 Å². The number of hydrogen-bond acceptors (Lipinski definition) is 3. The fraction of sp³-hybridized carbons (Fsp3) is 0.278. The van der Waals surface area contributed by atoms with Gasteiger partial charge in [-0.1, -0.05) is 17.7 Å². The molecule has 0 aliphatic heterocycles. The Balaban J connectivity index is 2.17. The predicted octanol–water partition coefficient (Wildman–Crippen LogP) is 4.02. The van der Waals surface area contributed by atoms with E-state index in [-0.39, 0.29) is 5.91 Å².